The Morgan fingerprint density at radius 2 is 1.93 bits per heavy atom. The number of pyridine rings is 1. The van der Waals surface area contributed by atoms with Crippen LogP contribution in [0.15, 0.2) is 30.9 Å². The van der Waals surface area contributed by atoms with Crippen molar-refractivity contribution in [2.75, 3.05) is 13.1 Å². The van der Waals surface area contributed by atoms with Gasteiger partial charge in [-0.15, -0.1) is 0 Å². The van der Waals surface area contributed by atoms with Gasteiger partial charge >= 0.3 is 5.97 Å². The maximum Gasteiger partial charge on any atom is 0.337 e. The third-order valence-corrected chi connectivity index (χ3v) is 4.68. The predicted octanol–water partition coefficient (Wildman–Crippen LogP) is 2.67. The fourth-order valence-corrected chi connectivity index (χ4v) is 3.29. The largest absolute Gasteiger partial charge is 0.478 e. The number of aromatic nitrogens is 3. The summed E-state index contributed by atoms with van der Waals surface area (Å²) in [5.74, 6) is -0.492. The summed E-state index contributed by atoms with van der Waals surface area (Å²) in [4.78, 5) is 38.4. The lowest BCUT2D eigenvalue weighted by Gasteiger charge is -2.25. The quantitative estimate of drug-likeness (QED) is 0.891. The van der Waals surface area contributed by atoms with Crippen molar-refractivity contribution in [2.24, 2.45) is 11.3 Å². The number of hydrogen-bond donors (Lipinski definition) is 1. The molecule has 7 nitrogen and oxygen atoms in total. The molecule has 1 fully saturated rings. The first kappa shape index (κ1) is 18.9. The minimum absolute atomic E-state index is 0.117. The second kappa shape index (κ2) is 7.42. The van der Waals surface area contributed by atoms with E-state index in [1.165, 1.54) is 6.20 Å². The van der Waals surface area contributed by atoms with E-state index in [1.54, 1.807) is 24.7 Å². The molecule has 27 heavy (non-hydrogen) atoms. The fraction of sp³-hybridized carbons (Fsp3) is 0.450. The molecule has 1 aliphatic heterocycles. The average Bonchev–Trinajstić information content (AvgIpc) is 3.09. The van der Waals surface area contributed by atoms with Gasteiger partial charge in [-0.3, -0.25) is 14.8 Å². The zero-order valence-corrected chi connectivity index (χ0v) is 15.8. The lowest BCUT2D eigenvalue weighted by Crippen LogP contribution is -2.38. The van der Waals surface area contributed by atoms with Crippen molar-refractivity contribution in [2.45, 2.75) is 33.6 Å². The molecule has 1 saturated heterocycles. The van der Waals surface area contributed by atoms with Gasteiger partial charge in [-0.05, 0) is 24.8 Å². The Morgan fingerprint density at radius 3 is 2.63 bits per heavy atom. The maximum absolute atomic E-state index is 12.4. The van der Waals surface area contributed by atoms with Crippen LogP contribution in [0.1, 0.15) is 43.2 Å². The highest BCUT2D eigenvalue weighted by molar-refractivity contribution is 5.88. The van der Waals surface area contributed by atoms with E-state index in [-0.39, 0.29) is 16.9 Å². The van der Waals surface area contributed by atoms with Gasteiger partial charge in [0.05, 0.1) is 23.1 Å². The Kier molecular flexibility index (Phi) is 5.21. The van der Waals surface area contributed by atoms with Crippen LogP contribution in [0.2, 0.25) is 0 Å². The number of amides is 1. The maximum atomic E-state index is 12.4. The number of rotatable bonds is 4. The molecule has 1 aliphatic rings. The zero-order chi connectivity index (χ0) is 19.6. The Labute approximate surface area is 158 Å². The third-order valence-electron chi connectivity index (χ3n) is 4.68. The number of carboxylic acids is 1. The van der Waals surface area contributed by atoms with E-state index in [0.717, 1.165) is 31.6 Å². The monoisotopic (exact) mass is 368 g/mol. The van der Waals surface area contributed by atoms with E-state index in [4.69, 9.17) is 5.11 Å². The molecular formula is C20H24N4O3. The van der Waals surface area contributed by atoms with Gasteiger partial charge in [-0.25, -0.2) is 9.78 Å². The van der Waals surface area contributed by atoms with E-state index in [2.05, 4.69) is 15.0 Å². The van der Waals surface area contributed by atoms with E-state index in [1.807, 2.05) is 25.7 Å². The summed E-state index contributed by atoms with van der Waals surface area (Å²) in [5.41, 5.74) is 1.82. The van der Waals surface area contributed by atoms with Gasteiger partial charge < -0.3 is 10.0 Å². The van der Waals surface area contributed by atoms with Gasteiger partial charge in [0.2, 0.25) is 5.91 Å². The van der Waals surface area contributed by atoms with Crippen LogP contribution in [0, 0.1) is 11.3 Å². The van der Waals surface area contributed by atoms with Crippen molar-refractivity contribution < 1.29 is 14.7 Å². The van der Waals surface area contributed by atoms with Gasteiger partial charge in [-0.2, -0.15) is 0 Å². The Bertz CT molecular complexity index is 860. The van der Waals surface area contributed by atoms with Crippen molar-refractivity contribution >= 4 is 11.9 Å². The molecule has 1 atom stereocenters. The molecule has 3 rings (SSSR count). The molecular weight excluding hydrogens is 344 g/mol. The third kappa shape index (κ3) is 4.48. The second-order valence-electron chi connectivity index (χ2n) is 8.02. The molecule has 1 unspecified atom stereocenters. The van der Waals surface area contributed by atoms with Crippen LogP contribution in [0.5, 0.6) is 0 Å². The summed E-state index contributed by atoms with van der Waals surface area (Å²) in [7, 11) is 0. The minimum atomic E-state index is -1.02. The Balaban J connectivity index is 1.71. The first-order chi connectivity index (χ1) is 12.7. The summed E-state index contributed by atoms with van der Waals surface area (Å²) >= 11 is 0. The highest BCUT2D eigenvalue weighted by Gasteiger charge is 2.32. The van der Waals surface area contributed by atoms with Crippen LogP contribution >= 0.6 is 0 Å². The summed E-state index contributed by atoms with van der Waals surface area (Å²) in [5, 5.41) is 9.12. The number of carbonyl (C=O) groups is 2. The second-order valence-corrected chi connectivity index (χ2v) is 8.02. The van der Waals surface area contributed by atoms with Gasteiger partial charge in [0.25, 0.3) is 0 Å². The van der Waals surface area contributed by atoms with Crippen molar-refractivity contribution in [3.8, 4) is 11.3 Å². The van der Waals surface area contributed by atoms with Crippen LogP contribution in [0.25, 0.3) is 11.3 Å². The van der Waals surface area contributed by atoms with Crippen LogP contribution < -0.4 is 0 Å². The minimum Gasteiger partial charge on any atom is -0.478 e. The molecule has 3 heterocycles. The number of likely N-dealkylation sites (tertiary alicyclic amines) is 1. The first-order valence-electron chi connectivity index (χ1n) is 9.03. The van der Waals surface area contributed by atoms with Crippen molar-refractivity contribution in [3.63, 3.8) is 0 Å². The predicted molar refractivity (Wildman–Crippen MR) is 100 cm³/mol. The fourth-order valence-electron chi connectivity index (χ4n) is 3.29. The van der Waals surface area contributed by atoms with E-state index >= 15 is 0 Å². The van der Waals surface area contributed by atoms with Crippen molar-refractivity contribution in [1.29, 1.82) is 0 Å². The molecule has 0 spiro atoms. The molecule has 0 radical (unpaired) electrons. The number of aromatic carboxylic acids is 1. The van der Waals surface area contributed by atoms with E-state index < -0.39 is 5.97 Å². The standard InChI is InChI=1S/C20H24N4O3/c1-20(2,3)19(27)24-5-4-13(12-24)6-16-10-22-11-17(23-16)14-7-15(18(25)26)9-21-8-14/h7-11,13H,4-6,12H2,1-3H3,(H,25,26). The normalized spacial score (nSPS) is 17.1. The SMILES string of the molecule is CC(C)(C)C(=O)N1CCC(Cc2cncc(-c3cncc(C(=O)O)c3)n2)C1. The van der Waals surface area contributed by atoms with Gasteiger partial charge in [-0.1, -0.05) is 20.8 Å². The average molecular weight is 368 g/mol. The van der Waals surface area contributed by atoms with Crippen molar-refractivity contribution in [3.05, 3.63) is 42.1 Å². The summed E-state index contributed by atoms with van der Waals surface area (Å²) in [6.45, 7) is 7.33. The van der Waals surface area contributed by atoms with Gasteiger partial charge in [0.15, 0.2) is 0 Å². The molecule has 0 saturated carbocycles. The zero-order valence-electron chi connectivity index (χ0n) is 15.8. The number of carboxylic acid groups (broad SMARTS) is 1. The van der Waals surface area contributed by atoms with E-state index in [9.17, 15) is 9.59 Å². The van der Waals surface area contributed by atoms with Gasteiger partial charge in [0.1, 0.15) is 0 Å². The smallest absolute Gasteiger partial charge is 0.337 e. The van der Waals surface area contributed by atoms with Crippen LogP contribution in [0.4, 0.5) is 0 Å². The molecule has 2 aromatic heterocycles. The van der Waals surface area contributed by atoms with Crippen LogP contribution in [-0.4, -0.2) is 49.9 Å². The highest BCUT2D eigenvalue weighted by Crippen LogP contribution is 2.26. The number of nitrogens with zero attached hydrogens (tertiary/aromatic N) is 4. The number of hydrogen-bond acceptors (Lipinski definition) is 5. The van der Waals surface area contributed by atoms with Gasteiger partial charge in [0, 0.05) is 42.7 Å². The molecule has 2 aromatic rings. The Morgan fingerprint density at radius 1 is 1.19 bits per heavy atom. The molecule has 0 aromatic carbocycles. The summed E-state index contributed by atoms with van der Waals surface area (Å²) in [6.07, 6.45) is 7.91. The molecule has 142 valence electrons. The van der Waals surface area contributed by atoms with Crippen molar-refractivity contribution in [1.82, 2.24) is 19.9 Å². The summed E-state index contributed by atoms with van der Waals surface area (Å²) < 4.78 is 0. The first-order valence-corrected chi connectivity index (χ1v) is 9.03. The molecule has 7 heteroatoms. The Hall–Kier alpha value is -2.83. The topological polar surface area (TPSA) is 96.3 Å². The molecule has 0 aliphatic carbocycles. The molecule has 1 amide bonds. The van der Waals surface area contributed by atoms with Crippen LogP contribution in [-0.2, 0) is 11.2 Å². The van der Waals surface area contributed by atoms with E-state index in [0.29, 0.717) is 17.2 Å². The molecule has 1 N–H and O–H groups in total. The summed E-state index contributed by atoms with van der Waals surface area (Å²) in [6, 6.07) is 1.54. The highest BCUT2D eigenvalue weighted by atomic mass is 16.4. The number of carbonyl (C=O) groups excluding carboxylic acids is 1. The van der Waals surface area contributed by atoms with Crippen LogP contribution in [0.3, 0.4) is 0 Å². The molecule has 0 bridgehead atoms. The lowest BCUT2D eigenvalue weighted by atomic mass is 9.95. The lowest BCUT2D eigenvalue weighted by molar-refractivity contribution is -0.138.